The number of rotatable bonds is 4. The summed E-state index contributed by atoms with van der Waals surface area (Å²) in [6, 6.07) is 6.91. The first-order valence-electron chi connectivity index (χ1n) is 6.58. The maximum Gasteiger partial charge on any atom is 0.160 e. The molecule has 0 spiro atoms. The summed E-state index contributed by atoms with van der Waals surface area (Å²) in [6.07, 6.45) is 1.34. The number of halogens is 2. The molecular formula is C15H15Cl2NO2. The standard InChI is InChI=1S/C15H15Cl2NO2/c1-2-14-11(5-6-20-14)15(19)12(8-18)10-4-3-9(16)7-13(10)17/h3-4,7,11-12,14H,2,5-6H2,1H3. The molecule has 1 aromatic rings. The van der Waals surface area contributed by atoms with E-state index < -0.39 is 5.92 Å². The number of nitriles is 1. The van der Waals surface area contributed by atoms with Crippen LogP contribution in [0.1, 0.15) is 31.2 Å². The number of benzene rings is 1. The van der Waals surface area contributed by atoms with Crippen LogP contribution in [0, 0.1) is 17.2 Å². The number of nitrogens with zero attached hydrogens (tertiary/aromatic N) is 1. The highest BCUT2D eigenvalue weighted by Crippen LogP contribution is 2.33. The summed E-state index contributed by atoms with van der Waals surface area (Å²) in [4.78, 5) is 12.6. The van der Waals surface area contributed by atoms with Gasteiger partial charge < -0.3 is 4.74 Å². The van der Waals surface area contributed by atoms with Gasteiger partial charge in [-0.1, -0.05) is 36.2 Å². The van der Waals surface area contributed by atoms with Crippen LogP contribution in [-0.4, -0.2) is 18.5 Å². The van der Waals surface area contributed by atoms with Crippen LogP contribution >= 0.6 is 23.2 Å². The lowest BCUT2D eigenvalue weighted by molar-refractivity contribution is -0.124. The molecule has 1 saturated heterocycles. The van der Waals surface area contributed by atoms with Crippen molar-refractivity contribution in [3.05, 3.63) is 33.8 Å². The Bertz CT molecular complexity index is 553. The van der Waals surface area contributed by atoms with Crippen molar-refractivity contribution >= 4 is 29.0 Å². The summed E-state index contributed by atoms with van der Waals surface area (Å²) in [5, 5.41) is 10.2. The van der Waals surface area contributed by atoms with Crippen LogP contribution in [0.4, 0.5) is 0 Å². The van der Waals surface area contributed by atoms with Gasteiger partial charge in [-0.15, -0.1) is 0 Å². The molecule has 1 aromatic carbocycles. The van der Waals surface area contributed by atoms with Crippen LogP contribution in [-0.2, 0) is 9.53 Å². The predicted molar refractivity (Wildman–Crippen MR) is 78.0 cm³/mol. The molecule has 106 valence electrons. The van der Waals surface area contributed by atoms with E-state index in [0.717, 1.165) is 6.42 Å². The Morgan fingerprint density at radius 3 is 2.90 bits per heavy atom. The second-order valence-electron chi connectivity index (χ2n) is 4.84. The van der Waals surface area contributed by atoms with Gasteiger partial charge in [0.2, 0.25) is 0 Å². The quantitative estimate of drug-likeness (QED) is 0.845. The maximum absolute atomic E-state index is 12.6. The van der Waals surface area contributed by atoms with Crippen molar-refractivity contribution in [2.75, 3.05) is 6.61 Å². The second-order valence-corrected chi connectivity index (χ2v) is 5.69. The normalized spacial score (nSPS) is 23.3. The molecule has 0 aliphatic carbocycles. The minimum Gasteiger partial charge on any atom is -0.377 e. The second kappa shape index (κ2) is 6.58. The highest BCUT2D eigenvalue weighted by Gasteiger charge is 2.37. The molecule has 1 fully saturated rings. The summed E-state index contributed by atoms with van der Waals surface area (Å²) >= 11 is 11.9. The molecule has 3 unspecified atom stereocenters. The van der Waals surface area contributed by atoms with Gasteiger partial charge in [-0.05, 0) is 30.5 Å². The van der Waals surface area contributed by atoms with Crippen molar-refractivity contribution in [1.29, 1.82) is 5.26 Å². The molecule has 0 radical (unpaired) electrons. The number of carbonyl (C=O) groups excluding carboxylic acids is 1. The zero-order valence-electron chi connectivity index (χ0n) is 11.1. The lowest BCUT2D eigenvalue weighted by atomic mass is 9.84. The summed E-state index contributed by atoms with van der Waals surface area (Å²) in [6.45, 7) is 2.55. The molecule has 1 aliphatic heterocycles. The molecule has 0 amide bonds. The van der Waals surface area contributed by atoms with E-state index in [1.807, 2.05) is 6.92 Å². The zero-order valence-corrected chi connectivity index (χ0v) is 12.6. The van der Waals surface area contributed by atoms with E-state index in [1.165, 1.54) is 0 Å². The average molecular weight is 312 g/mol. The van der Waals surface area contributed by atoms with Crippen LogP contribution in [0.15, 0.2) is 18.2 Å². The van der Waals surface area contributed by atoms with Gasteiger partial charge in [-0.25, -0.2) is 0 Å². The number of hydrogen-bond donors (Lipinski definition) is 0. The highest BCUT2D eigenvalue weighted by molar-refractivity contribution is 6.35. The Hall–Kier alpha value is -1.08. The monoisotopic (exact) mass is 311 g/mol. The molecule has 0 saturated carbocycles. The summed E-state index contributed by atoms with van der Waals surface area (Å²) in [5.41, 5.74) is 0.519. The zero-order chi connectivity index (χ0) is 14.7. The lowest BCUT2D eigenvalue weighted by Crippen LogP contribution is -2.28. The molecule has 1 heterocycles. The lowest BCUT2D eigenvalue weighted by Gasteiger charge is -2.19. The van der Waals surface area contributed by atoms with E-state index in [1.54, 1.807) is 18.2 Å². The van der Waals surface area contributed by atoms with Gasteiger partial charge in [-0.3, -0.25) is 4.79 Å². The number of hydrogen-bond acceptors (Lipinski definition) is 3. The Labute approximate surface area is 128 Å². The fourth-order valence-electron chi connectivity index (χ4n) is 2.61. The Balaban J connectivity index is 2.28. The van der Waals surface area contributed by atoms with Gasteiger partial charge in [0.25, 0.3) is 0 Å². The third kappa shape index (κ3) is 2.98. The van der Waals surface area contributed by atoms with Gasteiger partial charge in [0, 0.05) is 22.6 Å². The van der Waals surface area contributed by atoms with E-state index in [4.69, 9.17) is 27.9 Å². The number of carbonyl (C=O) groups is 1. The van der Waals surface area contributed by atoms with Crippen LogP contribution in [0.3, 0.4) is 0 Å². The van der Waals surface area contributed by atoms with Crippen LogP contribution in [0.25, 0.3) is 0 Å². The van der Waals surface area contributed by atoms with Crippen molar-refractivity contribution < 1.29 is 9.53 Å². The topological polar surface area (TPSA) is 50.1 Å². The fourth-order valence-corrected chi connectivity index (χ4v) is 3.13. The van der Waals surface area contributed by atoms with Crippen molar-refractivity contribution in [2.24, 2.45) is 5.92 Å². The molecule has 1 aliphatic rings. The van der Waals surface area contributed by atoms with E-state index >= 15 is 0 Å². The largest absolute Gasteiger partial charge is 0.377 e. The van der Waals surface area contributed by atoms with Gasteiger partial charge in [0.05, 0.1) is 12.2 Å². The van der Waals surface area contributed by atoms with Gasteiger partial charge in [-0.2, -0.15) is 5.26 Å². The average Bonchev–Trinajstić information content (AvgIpc) is 2.90. The SMILES string of the molecule is CCC1OCCC1C(=O)C(C#N)c1ccc(Cl)cc1Cl. The minimum atomic E-state index is -0.861. The molecule has 3 nitrogen and oxygen atoms in total. The Kier molecular flexibility index (Phi) is 5.04. The van der Waals surface area contributed by atoms with E-state index in [9.17, 15) is 10.1 Å². The van der Waals surface area contributed by atoms with Gasteiger partial charge in [0.15, 0.2) is 5.78 Å². The van der Waals surface area contributed by atoms with Crippen LogP contribution < -0.4 is 0 Å². The number of ether oxygens (including phenoxy) is 1. The summed E-state index contributed by atoms with van der Waals surface area (Å²) in [5.74, 6) is -1.20. The van der Waals surface area contributed by atoms with Gasteiger partial charge in [0.1, 0.15) is 5.92 Å². The molecule has 20 heavy (non-hydrogen) atoms. The van der Waals surface area contributed by atoms with Crippen molar-refractivity contribution in [3.63, 3.8) is 0 Å². The number of ketones is 1. The minimum absolute atomic E-state index is 0.0931. The van der Waals surface area contributed by atoms with Crippen LogP contribution in [0.5, 0.6) is 0 Å². The highest BCUT2D eigenvalue weighted by atomic mass is 35.5. The predicted octanol–water partition coefficient (Wildman–Crippen LogP) is 3.98. The fraction of sp³-hybridized carbons (Fsp3) is 0.467. The third-order valence-electron chi connectivity index (χ3n) is 3.66. The Morgan fingerprint density at radius 1 is 1.55 bits per heavy atom. The van der Waals surface area contributed by atoms with Crippen molar-refractivity contribution in [3.8, 4) is 6.07 Å². The first-order valence-corrected chi connectivity index (χ1v) is 7.34. The summed E-state index contributed by atoms with van der Waals surface area (Å²) in [7, 11) is 0. The first kappa shape index (κ1) is 15.3. The number of Topliss-reactive ketones (excluding diaryl/α,β-unsaturated/α-hetero) is 1. The maximum atomic E-state index is 12.6. The smallest absolute Gasteiger partial charge is 0.160 e. The first-order chi connectivity index (χ1) is 9.58. The molecule has 3 atom stereocenters. The van der Waals surface area contributed by atoms with E-state index in [2.05, 4.69) is 6.07 Å². The Morgan fingerprint density at radius 2 is 2.30 bits per heavy atom. The third-order valence-corrected chi connectivity index (χ3v) is 4.23. The molecular weight excluding hydrogens is 297 g/mol. The molecule has 5 heteroatoms. The molecule has 0 bridgehead atoms. The van der Waals surface area contributed by atoms with E-state index in [-0.39, 0.29) is 17.8 Å². The van der Waals surface area contributed by atoms with Crippen LogP contribution in [0.2, 0.25) is 10.0 Å². The summed E-state index contributed by atoms with van der Waals surface area (Å²) < 4.78 is 5.53. The molecule has 0 N–H and O–H groups in total. The molecule has 2 rings (SSSR count). The van der Waals surface area contributed by atoms with Crippen molar-refractivity contribution in [2.45, 2.75) is 31.8 Å². The van der Waals surface area contributed by atoms with E-state index in [0.29, 0.717) is 28.6 Å². The molecule has 0 aromatic heterocycles. The van der Waals surface area contributed by atoms with Gasteiger partial charge >= 0.3 is 0 Å². The van der Waals surface area contributed by atoms with Crippen molar-refractivity contribution in [1.82, 2.24) is 0 Å².